The molecule has 0 spiro atoms. The van der Waals surface area contributed by atoms with Gasteiger partial charge in [0.2, 0.25) is 0 Å². The first-order valence-corrected chi connectivity index (χ1v) is 8.13. The lowest BCUT2D eigenvalue weighted by Crippen LogP contribution is -2.18. The maximum absolute atomic E-state index is 9.94. The minimum atomic E-state index is -1.21. The number of rotatable bonds is 5. The van der Waals surface area contributed by atoms with Crippen LogP contribution < -0.4 is 0 Å². The van der Waals surface area contributed by atoms with Gasteiger partial charge >= 0.3 is 6.16 Å². The lowest BCUT2D eigenvalue weighted by Gasteiger charge is -2.13. The minimum Gasteiger partial charge on any atom is -0.450 e. The molecule has 13 heavy (non-hydrogen) atoms. The summed E-state index contributed by atoms with van der Waals surface area (Å²) in [4.78, 5) is 9.94. The smallest absolute Gasteiger partial charge is 0.450 e. The Morgan fingerprint density at radius 2 is 2.00 bits per heavy atom. The van der Waals surface area contributed by atoms with Crippen molar-refractivity contribution in [2.45, 2.75) is 32.1 Å². The van der Waals surface area contributed by atoms with Gasteiger partial charge in [0.05, 0.1) is 0 Å². The minimum absolute atomic E-state index is 0.168. The maximum Gasteiger partial charge on any atom is 0.506 e. The first-order chi connectivity index (χ1) is 5.92. The fourth-order valence-electron chi connectivity index (χ4n) is 0.822. The van der Waals surface area contributed by atoms with Gasteiger partial charge in [0.1, 0.15) is 6.61 Å². The van der Waals surface area contributed by atoms with E-state index >= 15 is 0 Å². The van der Waals surface area contributed by atoms with Crippen LogP contribution in [0.3, 0.4) is 0 Å². The molecule has 0 aromatic heterocycles. The van der Waals surface area contributed by atoms with E-state index in [1.54, 1.807) is 6.08 Å². The monoisotopic (exact) mass is 202 g/mol. The predicted octanol–water partition coefficient (Wildman–Crippen LogP) is 2.97. The van der Waals surface area contributed by atoms with Crippen LogP contribution in [-0.2, 0) is 4.74 Å². The molecule has 76 valence electrons. The molecule has 0 saturated heterocycles. The summed E-state index contributed by atoms with van der Waals surface area (Å²) in [7, 11) is -0.948. The number of carboxylic acid groups (broad SMARTS) is 1. The second-order valence-corrected chi connectivity index (χ2v) is 9.77. The van der Waals surface area contributed by atoms with Crippen LogP contribution in [0.2, 0.25) is 25.7 Å². The molecule has 0 unspecified atom stereocenters. The van der Waals surface area contributed by atoms with Crippen LogP contribution in [0.1, 0.15) is 6.42 Å². The van der Waals surface area contributed by atoms with Crippen LogP contribution >= 0.6 is 0 Å². The molecule has 0 bridgehead atoms. The van der Waals surface area contributed by atoms with E-state index in [0.717, 1.165) is 6.42 Å². The van der Waals surface area contributed by atoms with Crippen molar-refractivity contribution in [3.63, 3.8) is 0 Å². The first kappa shape index (κ1) is 12.2. The van der Waals surface area contributed by atoms with E-state index in [0.29, 0.717) is 0 Å². The zero-order chi connectivity index (χ0) is 10.3. The predicted molar refractivity (Wildman–Crippen MR) is 55.9 cm³/mol. The van der Waals surface area contributed by atoms with Crippen molar-refractivity contribution in [1.29, 1.82) is 0 Å². The maximum atomic E-state index is 9.94. The lowest BCUT2D eigenvalue weighted by atomic mass is 10.4. The Labute approximate surface area is 80.4 Å². The Hall–Kier alpha value is -0.773. The molecule has 0 heterocycles. The molecule has 0 aromatic rings. The summed E-state index contributed by atoms with van der Waals surface area (Å²) in [6.07, 6.45) is 3.56. The molecule has 3 nitrogen and oxygen atoms in total. The van der Waals surface area contributed by atoms with Gasteiger partial charge in [-0.1, -0.05) is 37.8 Å². The van der Waals surface area contributed by atoms with Gasteiger partial charge in [-0.2, -0.15) is 0 Å². The van der Waals surface area contributed by atoms with Crippen LogP contribution in [0.15, 0.2) is 12.2 Å². The van der Waals surface area contributed by atoms with Gasteiger partial charge in [0.15, 0.2) is 0 Å². The van der Waals surface area contributed by atoms with Gasteiger partial charge in [0, 0.05) is 8.07 Å². The summed E-state index contributed by atoms with van der Waals surface area (Å²) in [5.41, 5.74) is 0. The molecular formula is C9H18O3Si. The highest BCUT2D eigenvalue weighted by Gasteiger charge is 2.10. The molecule has 0 saturated carbocycles. The molecule has 4 heteroatoms. The summed E-state index contributed by atoms with van der Waals surface area (Å²) < 4.78 is 4.32. The third kappa shape index (κ3) is 11.2. The Balaban J connectivity index is 3.38. The van der Waals surface area contributed by atoms with E-state index in [-0.39, 0.29) is 6.61 Å². The van der Waals surface area contributed by atoms with E-state index in [1.165, 1.54) is 6.04 Å². The third-order valence-electron chi connectivity index (χ3n) is 1.53. The van der Waals surface area contributed by atoms with Gasteiger partial charge in [-0.25, -0.2) is 4.79 Å². The number of hydrogen-bond acceptors (Lipinski definition) is 2. The van der Waals surface area contributed by atoms with Gasteiger partial charge in [0.25, 0.3) is 0 Å². The second-order valence-electron chi connectivity index (χ2n) is 4.15. The summed E-state index contributed by atoms with van der Waals surface area (Å²) in [6, 6.07) is 1.23. The highest BCUT2D eigenvalue weighted by molar-refractivity contribution is 6.76. The SMILES string of the molecule is C[Si](C)(C)CCC=CCOC(=O)O. The van der Waals surface area contributed by atoms with Crippen LogP contribution in [-0.4, -0.2) is 25.9 Å². The zero-order valence-electron chi connectivity index (χ0n) is 8.54. The molecule has 0 atom stereocenters. The fourth-order valence-corrected chi connectivity index (χ4v) is 1.85. The van der Waals surface area contributed by atoms with Crippen molar-refractivity contribution in [2.75, 3.05) is 6.61 Å². The highest BCUT2D eigenvalue weighted by atomic mass is 28.3. The van der Waals surface area contributed by atoms with E-state index in [4.69, 9.17) is 5.11 Å². The largest absolute Gasteiger partial charge is 0.506 e. The fraction of sp³-hybridized carbons (Fsp3) is 0.667. The van der Waals surface area contributed by atoms with Crippen molar-refractivity contribution >= 4 is 14.2 Å². The average Bonchev–Trinajstić information content (AvgIpc) is 1.93. The van der Waals surface area contributed by atoms with Crippen LogP contribution in [0.5, 0.6) is 0 Å². The Kier molecular flexibility index (Phi) is 5.46. The number of hydrogen-bond donors (Lipinski definition) is 1. The highest BCUT2D eigenvalue weighted by Crippen LogP contribution is 2.10. The number of carbonyl (C=O) groups is 1. The van der Waals surface area contributed by atoms with Crippen LogP contribution in [0.4, 0.5) is 4.79 Å². The standard InChI is InChI=1S/C9H18O3Si/c1-13(2,3)8-6-4-5-7-12-9(10)11/h4-5H,6-8H2,1-3H3,(H,10,11). The Bertz CT molecular complexity index is 182. The summed E-state index contributed by atoms with van der Waals surface area (Å²) in [6.45, 7) is 7.11. The molecule has 0 rings (SSSR count). The van der Waals surface area contributed by atoms with Crippen molar-refractivity contribution < 1.29 is 14.6 Å². The zero-order valence-corrected chi connectivity index (χ0v) is 9.54. The van der Waals surface area contributed by atoms with Crippen molar-refractivity contribution in [2.24, 2.45) is 0 Å². The quantitative estimate of drug-likeness (QED) is 0.423. The Morgan fingerprint density at radius 1 is 1.38 bits per heavy atom. The molecule has 0 fully saturated rings. The van der Waals surface area contributed by atoms with Crippen LogP contribution in [0.25, 0.3) is 0 Å². The summed E-state index contributed by atoms with van der Waals surface area (Å²) in [5.74, 6) is 0. The molecular weight excluding hydrogens is 184 g/mol. The molecule has 0 aliphatic rings. The number of allylic oxidation sites excluding steroid dienone is 1. The first-order valence-electron chi connectivity index (χ1n) is 4.42. The van der Waals surface area contributed by atoms with E-state index in [9.17, 15) is 4.79 Å². The van der Waals surface area contributed by atoms with Crippen LogP contribution in [0, 0.1) is 0 Å². The molecule has 0 aliphatic heterocycles. The number of ether oxygens (including phenoxy) is 1. The normalized spacial score (nSPS) is 11.9. The third-order valence-corrected chi connectivity index (χ3v) is 3.32. The van der Waals surface area contributed by atoms with E-state index in [2.05, 4.69) is 24.4 Å². The lowest BCUT2D eigenvalue weighted by molar-refractivity contribution is 0.102. The molecule has 0 amide bonds. The average molecular weight is 202 g/mol. The van der Waals surface area contributed by atoms with Crippen molar-refractivity contribution in [3.8, 4) is 0 Å². The van der Waals surface area contributed by atoms with Crippen molar-refractivity contribution in [1.82, 2.24) is 0 Å². The topological polar surface area (TPSA) is 46.5 Å². The van der Waals surface area contributed by atoms with E-state index in [1.807, 2.05) is 6.08 Å². The second kappa shape index (κ2) is 5.80. The summed E-state index contributed by atoms with van der Waals surface area (Å²) in [5, 5.41) is 8.15. The Morgan fingerprint density at radius 3 is 2.46 bits per heavy atom. The van der Waals surface area contributed by atoms with Gasteiger partial charge in [-0.05, 0) is 6.42 Å². The molecule has 0 radical (unpaired) electrons. The van der Waals surface area contributed by atoms with Gasteiger partial charge in [-0.15, -0.1) is 0 Å². The molecule has 0 aliphatic carbocycles. The summed E-state index contributed by atoms with van der Waals surface area (Å²) >= 11 is 0. The van der Waals surface area contributed by atoms with Gasteiger partial charge < -0.3 is 9.84 Å². The molecule has 0 aromatic carbocycles. The van der Waals surface area contributed by atoms with Crippen molar-refractivity contribution in [3.05, 3.63) is 12.2 Å². The van der Waals surface area contributed by atoms with E-state index < -0.39 is 14.2 Å². The molecule has 1 N–H and O–H groups in total. The van der Waals surface area contributed by atoms with Gasteiger partial charge in [-0.3, -0.25) is 0 Å².